The first-order chi connectivity index (χ1) is 18.0. The van der Waals surface area contributed by atoms with Crippen LogP contribution in [0.5, 0.6) is 0 Å². The molecule has 1 unspecified atom stereocenters. The van der Waals surface area contributed by atoms with Crippen molar-refractivity contribution in [3.05, 3.63) is 106 Å². The molecule has 1 atom stereocenters. The number of amides is 2. The summed E-state index contributed by atoms with van der Waals surface area (Å²) in [6.45, 7) is 2.36. The van der Waals surface area contributed by atoms with E-state index in [0.717, 1.165) is 42.6 Å². The SMILES string of the molecule is Cc1cccc(CSCC(=O)N(Cc2ccccc2Cl)C(Cc2ccccc2)C(=O)NC2CCCC2)c1. The molecule has 1 fully saturated rings. The molecule has 37 heavy (non-hydrogen) atoms. The lowest BCUT2D eigenvalue weighted by Crippen LogP contribution is -2.52. The van der Waals surface area contributed by atoms with Crippen LogP contribution in [0.3, 0.4) is 0 Å². The third-order valence-electron chi connectivity index (χ3n) is 6.85. The largest absolute Gasteiger partial charge is 0.352 e. The van der Waals surface area contributed by atoms with E-state index in [-0.39, 0.29) is 17.9 Å². The second kappa shape index (κ2) is 13.7. The summed E-state index contributed by atoms with van der Waals surface area (Å²) in [5.74, 6) is 0.894. The summed E-state index contributed by atoms with van der Waals surface area (Å²) in [6, 6.07) is 25.4. The number of rotatable bonds is 11. The Kier molecular flexibility index (Phi) is 10.1. The molecule has 6 heteroatoms. The van der Waals surface area contributed by atoms with Crippen LogP contribution < -0.4 is 5.32 Å². The average Bonchev–Trinajstić information content (AvgIpc) is 3.41. The van der Waals surface area contributed by atoms with Crippen molar-refractivity contribution in [3.8, 4) is 0 Å². The number of nitrogens with zero attached hydrogens (tertiary/aromatic N) is 1. The molecule has 1 aliphatic carbocycles. The normalized spacial score (nSPS) is 14.3. The minimum atomic E-state index is -0.619. The van der Waals surface area contributed by atoms with Crippen LogP contribution in [0.2, 0.25) is 5.02 Å². The van der Waals surface area contributed by atoms with Crippen LogP contribution in [-0.4, -0.2) is 34.6 Å². The van der Waals surface area contributed by atoms with Gasteiger partial charge in [0.1, 0.15) is 6.04 Å². The zero-order valence-electron chi connectivity index (χ0n) is 21.4. The first-order valence-corrected chi connectivity index (χ1v) is 14.5. The molecule has 1 N–H and O–H groups in total. The number of thioether (sulfide) groups is 1. The predicted octanol–water partition coefficient (Wildman–Crippen LogP) is 6.58. The number of carbonyl (C=O) groups is 2. The van der Waals surface area contributed by atoms with Gasteiger partial charge in [0.25, 0.3) is 0 Å². The van der Waals surface area contributed by atoms with Crippen molar-refractivity contribution in [1.29, 1.82) is 0 Å². The third-order valence-corrected chi connectivity index (χ3v) is 8.21. The van der Waals surface area contributed by atoms with Crippen LogP contribution in [0.1, 0.15) is 47.9 Å². The number of halogens is 1. The van der Waals surface area contributed by atoms with Gasteiger partial charge in [-0.25, -0.2) is 0 Å². The molecule has 0 aliphatic heterocycles. The van der Waals surface area contributed by atoms with Crippen molar-refractivity contribution in [1.82, 2.24) is 10.2 Å². The van der Waals surface area contributed by atoms with Crippen LogP contribution in [0.4, 0.5) is 0 Å². The molecule has 0 radical (unpaired) electrons. The molecule has 2 amide bonds. The molecular formula is C31H35ClN2O2S. The van der Waals surface area contributed by atoms with Gasteiger partial charge < -0.3 is 10.2 Å². The van der Waals surface area contributed by atoms with Gasteiger partial charge in [0.15, 0.2) is 0 Å². The Labute approximate surface area is 229 Å². The lowest BCUT2D eigenvalue weighted by molar-refractivity contribution is -0.139. The van der Waals surface area contributed by atoms with Gasteiger partial charge >= 0.3 is 0 Å². The summed E-state index contributed by atoms with van der Waals surface area (Å²) < 4.78 is 0. The first kappa shape index (κ1) is 27.3. The molecule has 0 saturated heterocycles. The number of hydrogen-bond acceptors (Lipinski definition) is 3. The van der Waals surface area contributed by atoms with Gasteiger partial charge in [-0.2, -0.15) is 0 Å². The molecule has 4 rings (SSSR count). The van der Waals surface area contributed by atoms with Gasteiger partial charge in [-0.15, -0.1) is 11.8 Å². The minimum Gasteiger partial charge on any atom is -0.352 e. The van der Waals surface area contributed by atoms with E-state index in [2.05, 4.69) is 30.4 Å². The fourth-order valence-electron chi connectivity index (χ4n) is 4.87. The van der Waals surface area contributed by atoms with E-state index in [0.29, 0.717) is 23.7 Å². The van der Waals surface area contributed by atoms with Gasteiger partial charge in [0, 0.05) is 29.8 Å². The molecule has 4 nitrogen and oxygen atoms in total. The average molecular weight is 535 g/mol. The summed E-state index contributed by atoms with van der Waals surface area (Å²) >= 11 is 8.09. The van der Waals surface area contributed by atoms with Gasteiger partial charge in [0.05, 0.1) is 5.75 Å². The van der Waals surface area contributed by atoms with Crippen molar-refractivity contribution in [2.75, 3.05) is 5.75 Å². The number of benzene rings is 3. The van der Waals surface area contributed by atoms with Crippen molar-refractivity contribution < 1.29 is 9.59 Å². The van der Waals surface area contributed by atoms with Crippen LogP contribution in [-0.2, 0) is 28.3 Å². The highest BCUT2D eigenvalue weighted by Crippen LogP contribution is 2.23. The highest BCUT2D eigenvalue weighted by atomic mass is 35.5. The molecule has 0 bridgehead atoms. The van der Waals surface area contributed by atoms with E-state index in [1.807, 2.05) is 60.7 Å². The van der Waals surface area contributed by atoms with E-state index in [9.17, 15) is 9.59 Å². The fourth-order valence-corrected chi connectivity index (χ4v) is 5.93. The fraction of sp³-hybridized carbons (Fsp3) is 0.355. The van der Waals surface area contributed by atoms with Crippen LogP contribution in [0.15, 0.2) is 78.9 Å². The number of aryl methyl sites for hydroxylation is 1. The highest BCUT2D eigenvalue weighted by molar-refractivity contribution is 7.99. The van der Waals surface area contributed by atoms with Gasteiger partial charge in [-0.1, -0.05) is 103 Å². The molecule has 0 heterocycles. The number of carbonyl (C=O) groups excluding carboxylic acids is 2. The number of nitrogens with one attached hydrogen (secondary N) is 1. The van der Waals surface area contributed by atoms with Crippen LogP contribution >= 0.6 is 23.4 Å². The highest BCUT2D eigenvalue weighted by Gasteiger charge is 2.32. The topological polar surface area (TPSA) is 49.4 Å². The molecule has 3 aromatic carbocycles. The van der Waals surface area contributed by atoms with E-state index < -0.39 is 6.04 Å². The summed E-state index contributed by atoms with van der Waals surface area (Å²) in [5, 5.41) is 3.85. The Morgan fingerprint density at radius 3 is 2.41 bits per heavy atom. The maximum absolute atomic E-state index is 13.8. The third kappa shape index (κ3) is 8.11. The summed E-state index contributed by atoms with van der Waals surface area (Å²) in [6.07, 6.45) is 4.71. The van der Waals surface area contributed by atoms with Crippen molar-refractivity contribution in [2.24, 2.45) is 0 Å². The van der Waals surface area contributed by atoms with Crippen LogP contribution in [0, 0.1) is 6.92 Å². The lowest BCUT2D eigenvalue weighted by Gasteiger charge is -2.32. The van der Waals surface area contributed by atoms with Crippen molar-refractivity contribution >= 4 is 35.2 Å². The second-order valence-corrected chi connectivity index (χ2v) is 11.2. The lowest BCUT2D eigenvalue weighted by atomic mass is 10.0. The molecule has 1 saturated carbocycles. The Morgan fingerprint density at radius 1 is 0.973 bits per heavy atom. The summed E-state index contributed by atoms with van der Waals surface area (Å²) in [7, 11) is 0. The van der Waals surface area contributed by atoms with Gasteiger partial charge in [-0.05, 0) is 42.5 Å². The predicted molar refractivity (Wildman–Crippen MR) is 154 cm³/mol. The second-order valence-electron chi connectivity index (χ2n) is 9.79. The van der Waals surface area contributed by atoms with E-state index in [1.165, 1.54) is 11.1 Å². The van der Waals surface area contributed by atoms with E-state index in [1.54, 1.807) is 16.7 Å². The van der Waals surface area contributed by atoms with E-state index >= 15 is 0 Å². The van der Waals surface area contributed by atoms with Crippen molar-refractivity contribution in [2.45, 2.75) is 63.4 Å². The molecule has 1 aliphatic rings. The number of hydrogen-bond donors (Lipinski definition) is 1. The van der Waals surface area contributed by atoms with Gasteiger partial charge in [0.2, 0.25) is 11.8 Å². The molecular weight excluding hydrogens is 500 g/mol. The van der Waals surface area contributed by atoms with Crippen molar-refractivity contribution in [3.63, 3.8) is 0 Å². The Morgan fingerprint density at radius 2 is 1.68 bits per heavy atom. The standard InChI is InChI=1S/C31H35ClN2O2S/c1-23-10-9-13-25(18-23)21-37-22-30(35)34(20-26-14-5-8-17-28(26)32)29(19-24-11-3-2-4-12-24)31(36)33-27-15-6-7-16-27/h2-5,8-14,17-18,27,29H,6-7,15-16,19-22H2,1H3,(H,33,36). The Hall–Kier alpha value is -2.76. The zero-order chi connectivity index (χ0) is 26.0. The van der Waals surface area contributed by atoms with Gasteiger partial charge in [-0.3, -0.25) is 9.59 Å². The molecule has 0 aromatic heterocycles. The minimum absolute atomic E-state index is 0.0555. The quantitative estimate of drug-likeness (QED) is 0.302. The van der Waals surface area contributed by atoms with Crippen LogP contribution in [0.25, 0.3) is 0 Å². The smallest absolute Gasteiger partial charge is 0.243 e. The molecule has 3 aromatic rings. The summed E-state index contributed by atoms with van der Waals surface area (Å²) in [5.41, 5.74) is 4.26. The zero-order valence-corrected chi connectivity index (χ0v) is 22.9. The maximum atomic E-state index is 13.8. The molecule has 0 spiro atoms. The molecule has 194 valence electrons. The summed E-state index contributed by atoms with van der Waals surface area (Å²) in [4.78, 5) is 29.2. The first-order valence-electron chi connectivity index (χ1n) is 13.0. The maximum Gasteiger partial charge on any atom is 0.243 e. The monoisotopic (exact) mass is 534 g/mol. The van der Waals surface area contributed by atoms with E-state index in [4.69, 9.17) is 11.6 Å². The Bertz CT molecular complexity index is 1180. The Balaban J connectivity index is 1.57.